The zero-order valence-corrected chi connectivity index (χ0v) is 16.0. The molecule has 1 atom stereocenters. The van der Waals surface area contributed by atoms with E-state index in [-0.39, 0.29) is 10.9 Å². The molecule has 0 amide bonds. The maximum atomic E-state index is 13.1. The van der Waals surface area contributed by atoms with Crippen LogP contribution in [0.5, 0.6) is 0 Å². The molecule has 0 aliphatic carbocycles. The molecule has 1 aromatic rings. The molecule has 2 heterocycles. The summed E-state index contributed by atoms with van der Waals surface area (Å²) in [5.41, 5.74) is -0.932. The van der Waals surface area contributed by atoms with Crippen molar-refractivity contribution in [2.75, 3.05) is 37.7 Å². The van der Waals surface area contributed by atoms with Crippen LogP contribution in [0.25, 0.3) is 0 Å². The average Bonchev–Trinajstić information content (AvgIpc) is 2.98. The molecule has 0 aromatic heterocycles. The Balaban J connectivity index is 1.89. The minimum Gasteiger partial charge on any atom is -0.302 e. The smallest absolute Gasteiger partial charge is 0.302 e. The summed E-state index contributed by atoms with van der Waals surface area (Å²) >= 11 is 1.72. The third-order valence-corrected chi connectivity index (χ3v) is 7.97. The van der Waals surface area contributed by atoms with Crippen molar-refractivity contribution in [3.05, 3.63) is 29.8 Å². The van der Waals surface area contributed by atoms with Crippen molar-refractivity contribution in [1.29, 1.82) is 0 Å². The Bertz CT molecular complexity index is 719. The van der Waals surface area contributed by atoms with Crippen molar-refractivity contribution in [2.24, 2.45) is 0 Å². The molecule has 9 heteroatoms. The Hall–Kier alpha value is -0.770. The first-order chi connectivity index (χ1) is 12.3. The van der Waals surface area contributed by atoms with Gasteiger partial charge in [0, 0.05) is 24.9 Å². The fourth-order valence-electron chi connectivity index (χ4n) is 3.50. The highest BCUT2D eigenvalue weighted by Gasteiger charge is 2.36. The van der Waals surface area contributed by atoms with Crippen LogP contribution in [-0.4, -0.2) is 61.3 Å². The van der Waals surface area contributed by atoms with Gasteiger partial charge in [0.2, 0.25) is 10.0 Å². The molecule has 26 heavy (non-hydrogen) atoms. The van der Waals surface area contributed by atoms with E-state index in [9.17, 15) is 21.6 Å². The molecule has 4 nitrogen and oxygen atoms in total. The van der Waals surface area contributed by atoms with Gasteiger partial charge in [0.05, 0.1) is 10.5 Å². The van der Waals surface area contributed by atoms with Crippen molar-refractivity contribution in [1.82, 2.24) is 9.21 Å². The normalized spacial score (nSPS) is 23.9. The number of alkyl halides is 3. The highest BCUT2D eigenvalue weighted by atomic mass is 32.2. The van der Waals surface area contributed by atoms with Crippen LogP contribution < -0.4 is 0 Å². The molecule has 1 unspecified atom stereocenters. The van der Waals surface area contributed by atoms with Gasteiger partial charge in [-0.2, -0.15) is 29.2 Å². The van der Waals surface area contributed by atoms with Gasteiger partial charge < -0.3 is 4.90 Å². The first-order valence-corrected chi connectivity index (χ1v) is 11.4. The number of thioether (sulfide) groups is 1. The number of sulfonamides is 1. The third-order valence-electron chi connectivity index (χ3n) is 4.82. The topological polar surface area (TPSA) is 40.6 Å². The predicted molar refractivity (Wildman–Crippen MR) is 96.7 cm³/mol. The SMILES string of the molecule is O=S(=O)(c1cccc(C(F)(F)F)c1)N1CCCSCC1CN1CCCC1. The van der Waals surface area contributed by atoms with Gasteiger partial charge in [-0.25, -0.2) is 8.42 Å². The molecular formula is C17H23F3N2O2S2. The van der Waals surface area contributed by atoms with Crippen molar-refractivity contribution in [3.63, 3.8) is 0 Å². The summed E-state index contributed by atoms with van der Waals surface area (Å²) in [5, 5.41) is 0. The van der Waals surface area contributed by atoms with E-state index >= 15 is 0 Å². The summed E-state index contributed by atoms with van der Waals surface area (Å²) in [6, 6.07) is 3.87. The first-order valence-electron chi connectivity index (χ1n) is 8.78. The minimum absolute atomic E-state index is 0.208. The third kappa shape index (κ3) is 4.55. The average molecular weight is 409 g/mol. The Kier molecular flexibility index (Phi) is 6.21. The zero-order chi connectivity index (χ0) is 18.8. The summed E-state index contributed by atoms with van der Waals surface area (Å²) < 4.78 is 66.7. The van der Waals surface area contributed by atoms with Gasteiger partial charge in [-0.3, -0.25) is 0 Å². The highest BCUT2D eigenvalue weighted by molar-refractivity contribution is 7.99. The lowest BCUT2D eigenvalue weighted by Gasteiger charge is -2.32. The van der Waals surface area contributed by atoms with Crippen molar-refractivity contribution >= 4 is 21.8 Å². The van der Waals surface area contributed by atoms with Crippen molar-refractivity contribution < 1.29 is 21.6 Å². The molecule has 2 aliphatic heterocycles. The van der Waals surface area contributed by atoms with Crippen LogP contribution in [-0.2, 0) is 16.2 Å². The quantitative estimate of drug-likeness (QED) is 0.767. The monoisotopic (exact) mass is 408 g/mol. The maximum Gasteiger partial charge on any atom is 0.416 e. The molecule has 2 saturated heterocycles. The second kappa shape index (κ2) is 8.08. The molecule has 0 radical (unpaired) electrons. The van der Waals surface area contributed by atoms with Crippen molar-refractivity contribution in [2.45, 2.75) is 36.4 Å². The van der Waals surface area contributed by atoms with Crippen LogP contribution in [0.1, 0.15) is 24.8 Å². The van der Waals surface area contributed by atoms with Gasteiger partial charge in [-0.1, -0.05) is 6.07 Å². The fourth-order valence-corrected chi connectivity index (χ4v) is 6.35. The van der Waals surface area contributed by atoms with Crippen LogP contribution in [0.2, 0.25) is 0 Å². The summed E-state index contributed by atoms with van der Waals surface area (Å²) in [6.07, 6.45) is -1.63. The number of likely N-dealkylation sites (tertiary alicyclic amines) is 1. The lowest BCUT2D eigenvalue weighted by atomic mass is 10.2. The minimum atomic E-state index is -4.56. The van der Waals surface area contributed by atoms with E-state index in [1.165, 1.54) is 10.4 Å². The lowest BCUT2D eigenvalue weighted by Crippen LogP contribution is -2.47. The van der Waals surface area contributed by atoms with Gasteiger partial charge in [-0.15, -0.1) is 0 Å². The second-order valence-electron chi connectivity index (χ2n) is 6.73. The van der Waals surface area contributed by atoms with Gasteiger partial charge in [0.1, 0.15) is 0 Å². The van der Waals surface area contributed by atoms with E-state index in [0.29, 0.717) is 25.3 Å². The largest absolute Gasteiger partial charge is 0.416 e. The predicted octanol–water partition coefficient (Wildman–Crippen LogP) is 3.30. The highest BCUT2D eigenvalue weighted by Crippen LogP contribution is 2.32. The van der Waals surface area contributed by atoms with E-state index < -0.39 is 21.8 Å². The molecule has 0 N–H and O–H groups in total. The number of halogens is 3. The molecule has 3 rings (SSSR count). The van der Waals surface area contributed by atoms with E-state index in [4.69, 9.17) is 0 Å². The van der Waals surface area contributed by atoms with Crippen LogP contribution in [0.4, 0.5) is 13.2 Å². The van der Waals surface area contributed by atoms with Gasteiger partial charge in [0.25, 0.3) is 0 Å². The number of hydrogen-bond acceptors (Lipinski definition) is 4. The molecule has 0 saturated carbocycles. The molecule has 2 aliphatic rings. The summed E-state index contributed by atoms with van der Waals surface area (Å²) in [5.74, 6) is 1.54. The number of benzene rings is 1. The summed E-state index contributed by atoms with van der Waals surface area (Å²) in [4.78, 5) is 1.98. The van der Waals surface area contributed by atoms with E-state index in [2.05, 4.69) is 4.90 Å². The van der Waals surface area contributed by atoms with Gasteiger partial charge in [-0.05, 0) is 56.3 Å². The van der Waals surface area contributed by atoms with E-state index in [0.717, 1.165) is 49.9 Å². The summed E-state index contributed by atoms with van der Waals surface area (Å²) in [7, 11) is -3.97. The standard InChI is InChI=1S/C17H23F3N2O2S2/c18-17(19,20)14-5-3-6-16(11-14)26(23,24)22-9-4-10-25-13-15(22)12-21-7-1-2-8-21/h3,5-6,11,15H,1-2,4,7-10,12-13H2. The van der Waals surface area contributed by atoms with Crippen molar-refractivity contribution in [3.8, 4) is 0 Å². The molecule has 2 fully saturated rings. The van der Waals surface area contributed by atoms with Crippen LogP contribution in [0.3, 0.4) is 0 Å². The maximum absolute atomic E-state index is 13.1. The van der Waals surface area contributed by atoms with Crippen LogP contribution in [0, 0.1) is 0 Å². The van der Waals surface area contributed by atoms with Crippen LogP contribution in [0.15, 0.2) is 29.2 Å². The Morgan fingerprint density at radius 3 is 2.54 bits per heavy atom. The number of hydrogen-bond donors (Lipinski definition) is 0. The molecule has 1 aromatic carbocycles. The number of nitrogens with zero attached hydrogens (tertiary/aromatic N) is 2. The van der Waals surface area contributed by atoms with Gasteiger partial charge in [0.15, 0.2) is 0 Å². The Labute approximate surface area is 156 Å². The second-order valence-corrected chi connectivity index (χ2v) is 9.77. The molecular weight excluding hydrogens is 385 g/mol. The van der Waals surface area contributed by atoms with E-state index in [1.807, 2.05) is 0 Å². The molecule has 146 valence electrons. The zero-order valence-electron chi connectivity index (χ0n) is 14.4. The Morgan fingerprint density at radius 1 is 1.12 bits per heavy atom. The molecule has 0 spiro atoms. The lowest BCUT2D eigenvalue weighted by molar-refractivity contribution is -0.137. The number of rotatable bonds is 4. The van der Waals surface area contributed by atoms with Gasteiger partial charge >= 0.3 is 6.18 Å². The van der Waals surface area contributed by atoms with E-state index in [1.54, 1.807) is 11.8 Å². The van der Waals surface area contributed by atoms with Crippen LogP contribution >= 0.6 is 11.8 Å². The fraction of sp³-hybridized carbons (Fsp3) is 0.647. The Morgan fingerprint density at radius 2 is 1.85 bits per heavy atom. The molecule has 0 bridgehead atoms. The summed E-state index contributed by atoms with van der Waals surface area (Å²) in [6.45, 7) is 2.91. The first kappa shape index (κ1) is 20.0.